The number of H-pyrrole nitrogens is 1. The summed E-state index contributed by atoms with van der Waals surface area (Å²) in [5.41, 5.74) is 0.655. The Bertz CT molecular complexity index is 403. The van der Waals surface area contributed by atoms with E-state index in [1.54, 1.807) is 6.92 Å². The van der Waals surface area contributed by atoms with E-state index in [1.165, 1.54) is 6.92 Å². The maximum atomic E-state index is 11.4. The highest BCUT2D eigenvalue weighted by atomic mass is 79.9. The van der Waals surface area contributed by atoms with Crippen molar-refractivity contribution in [2.75, 3.05) is 6.61 Å². The molecule has 7 heteroatoms. The number of carbonyl (C=O) groups excluding carboxylic acids is 2. The normalized spacial score (nSPS) is 9.35. The second-order valence-electron chi connectivity index (χ2n) is 2.87. The first-order valence-electron chi connectivity index (χ1n) is 4.59. The minimum Gasteiger partial charge on any atom is -0.461 e. The molecule has 1 aromatic rings. The fraction of sp³-hybridized carbons (Fsp3) is 0.500. The van der Waals surface area contributed by atoms with Crippen LogP contribution in [0.1, 0.15) is 37.5 Å². The smallest absolute Gasteiger partial charge is 0.360 e. The fourth-order valence-electron chi connectivity index (χ4n) is 0.969. The molecular weight excluding hydrogens is 292 g/mol. The van der Waals surface area contributed by atoms with E-state index >= 15 is 0 Å². The number of carbonyl (C=O) groups is 2. The van der Waals surface area contributed by atoms with E-state index in [0.717, 1.165) is 0 Å². The van der Waals surface area contributed by atoms with E-state index < -0.39 is 11.9 Å². The van der Waals surface area contributed by atoms with Crippen molar-refractivity contribution in [2.45, 2.75) is 27.9 Å². The number of aromatic nitrogens is 2. The molecule has 0 bridgehead atoms. The first-order chi connectivity index (χ1) is 7.56. The van der Waals surface area contributed by atoms with Crippen molar-refractivity contribution in [3.8, 4) is 0 Å². The van der Waals surface area contributed by atoms with Crippen LogP contribution in [0.25, 0.3) is 0 Å². The molecule has 17 heavy (non-hydrogen) atoms. The maximum absolute atomic E-state index is 11.4. The van der Waals surface area contributed by atoms with Gasteiger partial charge in [0.05, 0.1) is 16.8 Å². The van der Waals surface area contributed by atoms with Gasteiger partial charge in [-0.1, -0.05) is 7.43 Å². The Morgan fingerprint density at radius 1 is 1.41 bits per heavy atom. The van der Waals surface area contributed by atoms with Crippen molar-refractivity contribution in [1.82, 2.24) is 10.2 Å². The first-order valence-corrected chi connectivity index (χ1v) is 5.38. The van der Waals surface area contributed by atoms with Crippen LogP contribution in [0.5, 0.6) is 0 Å². The Balaban J connectivity index is 0.00000256. The topological polar surface area (TPSA) is 81.3 Å². The van der Waals surface area contributed by atoms with Crippen LogP contribution in [0.2, 0.25) is 0 Å². The molecule has 0 radical (unpaired) electrons. The second-order valence-corrected chi connectivity index (χ2v) is 3.66. The molecule has 1 rings (SSSR count). The van der Waals surface area contributed by atoms with Crippen LogP contribution in [0.3, 0.4) is 0 Å². The van der Waals surface area contributed by atoms with Gasteiger partial charge in [-0.25, -0.2) is 4.79 Å². The number of ether oxygens (including phenoxy) is 2. The minimum absolute atomic E-state index is 0. The summed E-state index contributed by atoms with van der Waals surface area (Å²) in [5, 5.41) is 6.37. The quantitative estimate of drug-likeness (QED) is 0.861. The summed E-state index contributed by atoms with van der Waals surface area (Å²) in [6.07, 6.45) is 0. The molecule has 0 aromatic carbocycles. The van der Waals surface area contributed by atoms with Crippen molar-refractivity contribution < 1.29 is 19.1 Å². The number of hydrogen-bond donors (Lipinski definition) is 1. The lowest BCUT2D eigenvalue weighted by Crippen LogP contribution is -2.05. The molecule has 1 aromatic heterocycles. The van der Waals surface area contributed by atoms with Gasteiger partial charge in [-0.15, -0.1) is 0 Å². The van der Waals surface area contributed by atoms with Crippen LogP contribution in [-0.2, 0) is 20.9 Å². The van der Waals surface area contributed by atoms with Crippen LogP contribution < -0.4 is 0 Å². The van der Waals surface area contributed by atoms with E-state index in [0.29, 0.717) is 10.2 Å². The molecule has 0 atom stereocenters. The molecule has 0 saturated carbocycles. The standard InChI is InChI=1S/C9H11BrN2O4.CH4/c1-3-15-9(14)8-7(10)6(11-12-8)4-16-5(2)13;/h3-4H2,1-2H3,(H,11,12);1H4. The lowest BCUT2D eigenvalue weighted by molar-refractivity contribution is -0.142. The van der Waals surface area contributed by atoms with E-state index in [2.05, 4.69) is 26.1 Å². The predicted molar refractivity (Wildman–Crippen MR) is 64.4 cm³/mol. The van der Waals surface area contributed by atoms with Gasteiger partial charge in [0.25, 0.3) is 0 Å². The summed E-state index contributed by atoms with van der Waals surface area (Å²) in [4.78, 5) is 22.0. The molecule has 0 spiro atoms. The van der Waals surface area contributed by atoms with Crippen LogP contribution in [-0.4, -0.2) is 28.7 Å². The van der Waals surface area contributed by atoms with Crippen LogP contribution in [0.4, 0.5) is 0 Å². The first kappa shape index (κ1) is 15.6. The highest BCUT2D eigenvalue weighted by Crippen LogP contribution is 2.20. The number of esters is 2. The third kappa shape index (κ3) is 4.18. The van der Waals surface area contributed by atoms with Gasteiger partial charge in [0.1, 0.15) is 6.61 Å². The molecule has 0 saturated heterocycles. The summed E-state index contributed by atoms with van der Waals surface area (Å²) in [5.74, 6) is -0.932. The molecule has 1 N–H and O–H groups in total. The molecule has 0 aliphatic carbocycles. The molecule has 0 aliphatic rings. The number of aromatic amines is 1. The molecule has 0 unspecified atom stereocenters. The van der Waals surface area contributed by atoms with Crippen molar-refractivity contribution in [3.63, 3.8) is 0 Å². The summed E-state index contributed by atoms with van der Waals surface area (Å²) < 4.78 is 10.0. The van der Waals surface area contributed by atoms with Gasteiger partial charge < -0.3 is 9.47 Å². The van der Waals surface area contributed by atoms with E-state index in [4.69, 9.17) is 9.47 Å². The average molecular weight is 307 g/mol. The summed E-state index contributed by atoms with van der Waals surface area (Å²) in [6, 6.07) is 0. The highest BCUT2D eigenvalue weighted by molar-refractivity contribution is 9.10. The summed E-state index contributed by atoms with van der Waals surface area (Å²) in [7, 11) is 0. The summed E-state index contributed by atoms with van der Waals surface area (Å²) >= 11 is 3.19. The van der Waals surface area contributed by atoms with Gasteiger partial charge in [-0.3, -0.25) is 9.89 Å². The molecule has 96 valence electrons. The number of hydrogen-bond acceptors (Lipinski definition) is 5. The number of nitrogens with one attached hydrogen (secondary N) is 1. The number of halogens is 1. The van der Waals surface area contributed by atoms with Gasteiger partial charge >= 0.3 is 11.9 Å². The Morgan fingerprint density at radius 2 is 2.06 bits per heavy atom. The molecule has 0 fully saturated rings. The zero-order chi connectivity index (χ0) is 12.1. The molecule has 1 heterocycles. The monoisotopic (exact) mass is 306 g/mol. The number of nitrogens with zero attached hydrogens (tertiary/aromatic N) is 1. The highest BCUT2D eigenvalue weighted by Gasteiger charge is 2.18. The van der Waals surface area contributed by atoms with Crippen LogP contribution >= 0.6 is 15.9 Å². The fourth-order valence-corrected chi connectivity index (χ4v) is 1.42. The largest absolute Gasteiger partial charge is 0.461 e. The Morgan fingerprint density at radius 3 is 2.59 bits per heavy atom. The van der Waals surface area contributed by atoms with Gasteiger partial charge in [-0.2, -0.15) is 5.10 Å². The lowest BCUT2D eigenvalue weighted by Gasteiger charge is -2.00. The third-order valence-electron chi connectivity index (χ3n) is 1.66. The molecule has 0 aliphatic heterocycles. The van der Waals surface area contributed by atoms with E-state index in [-0.39, 0.29) is 26.3 Å². The minimum atomic E-state index is -0.528. The van der Waals surface area contributed by atoms with E-state index in [9.17, 15) is 9.59 Å². The van der Waals surface area contributed by atoms with E-state index in [1.807, 2.05) is 0 Å². The molecular formula is C10H15BrN2O4. The van der Waals surface area contributed by atoms with Crippen molar-refractivity contribution in [3.05, 3.63) is 15.9 Å². The van der Waals surface area contributed by atoms with Gasteiger partial charge in [0, 0.05) is 6.92 Å². The predicted octanol–water partition coefficient (Wildman–Crippen LogP) is 2.05. The Kier molecular flexibility index (Phi) is 6.48. The van der Waals surface area contributed by atoms with Crippen LogP contribution in [0.15, 0.2) is 4.47 Å². The SMILES string of the molecule is C.CCOC(=O)c1n[nH]c(COC(C)=O)c1Br. The zero-order valence-corrected chi connectivity index (χ0v) is 10.5. The van der Waals surface area contributed by atoms with Gasteiger partial charge in [0.2, 0.25) is 0 Å². The Labute approximate surface area is 108 Å². The zero-order valence-electron chi connectivity index (χ0n) is 8.87. The molecule has 6 nitrogen and oxygen atoms in total. The summed E-state index contributed by atoms with van der Waals surface area (Å²) in [6.45, 7) is 3.31. The van der Waals surface area contributed by atoms with Crippen molar-refractivity contribution >= 4 is 27.9 Å². The number of rotatable bonds is 4. The third-order valence-corrected chi connectivity index (χ3v) is 2.52. The van der Waals surface area contributed by atoms with Crippen LogP contribution in [0, 0.1) is 0 Å². The van der Waals surface area contributed by atoms with Gasteiger partial charge in [0.15, 0.2) is 5.69 Å². The van der Waals surface area contributed by atoms with Crippen molar-refractivity contribution in [2.24, 2.45) is 0 Å². The second kappa shape index (κ2) is 7.05. The molecule has 0 amide bonds. The Hall–Kier alpha value is -1.37. The van der Waals surface area contributed by atoms with Gasteiger partial charge in [-0.05, 0) is 22.9 Å². The maximum Gasteiger partial charge on any atom is 0.360 e. The lowest BCUT2D eigenvalue weighted by atomic mass is 10.3. The average Bonchev–Trinajstić information content (AvgIpc) is 2.57. The van der Waals surface area contributed by atoms with Crippen molar-refractivity contribution in [1.29, 1.82) is 0 Å².